The Labute approximate surface area is 120 Å². The van der Waals surface area contributed by atoms with Crippen molar-refractivity contribution in [2.75, 3.05) is 0 Å². The van der Waals surface area contributed by atoms with E-state index in [9.17, 15) is 9.59 Å². The standard InChI is InChI=1S/C16H13NO4/c1-10-11(8-15(21-10)16(19)20)9-17-7-6-14(18)12-4-2-3-5-13(12)17/h2-8H,9H2,1H3,(H,19,20). The van der Waals surface area contributed by atoms with E-state index in [1.807, 2.05) is 22.8 Å². The second-order valence-electron chi connectivity index (χ2n) is 4.82. The average molecular weight is 283 g/mol. The van der Waals surface area contributed by atoms with Gasteiger partial charge in [0.2, 0.25) is 5.76 Å². The summed E-state index contributed by atoms with van der Waals surface area (Å²) in [7, 11) is 0. The summed E-state index contributed by atoms with van der Waals surface area (Å²) in [6.07, 6.45) is 1.71. The molecule has 0 saturated heterocycles. The second-order valence-corrected chi connectivity index (χ2v) is 4.82. The maximum atomic E-state index is 11.8. The third-order valence-electron chi connectivity index (χ3n) is 3.46. The summed E-state index contributed by atoms with van der Waals surface area (Å²) in [4.78, 5) is 22.8. The Morgan fingerprint density at radius 1 is 1.29 bits per heavy atom. The lowest BCUT2D eigenvalue weighted by Gasteiger charge is -2.09. The number of aromatic nitrogens is 1. The van der Waals surface area contributed by atoms with Gasteiger partial charge in [-0.15, -0.1) is 0 Å². The van der Waals surface area contributed by atoms with Crippen molar-refractivity contribution in [1.29, 1.82) is 0 Å². The topological polar surface area (TPSA) is 72.4 Å². The minimum absolute atomic E-state index is 0.0306. The van der Waals surface area contributed by atoms with E-state index < -0.39 is 5.97 Å². The van der Waals surface area contributed by atoms with Crippen LogP contribution in [0, 0.1) is 6.92 Å². The largest absolute Gasteiger partial charge is 0.475 e. The van der Waals surface area contributed by atoms with Gasteiger partial charge in [-0.05, 0) is 25.1 Å². The quantitative estimate of drug-likeness (QED) is 0.802. The predicted octanol–water partition coefficient (Wildman–Crippen LogP) is 2.65. The number of aromatic carboxylic acids is 1. The van der Waals surface area contributed by atoms with Gasteiger partial charge >= 0.3 is 5.97 Å². The number of furan rings is 1. The van der Waals surface area contributed by atoms with Gasteiger partial charge in [0.25, 0.3) is 0 Å². The van der Waals surface area contributed by atoms with Crippen molar-refractivity contribution in [3.05, 3.63) is 69.9 Å². The number of rotatable bonds is 3. The Balaban J connectivity index is 2.09. The lowest BCUT2D eigenvalue weighted by atomic mass is 10.2. The molecule has 21 heavy (non-hydrogen) atoms. The highest BCUT2D eigenvalue weighted by Crippen LogP contribution is 2.18. The monoisotopic (exact) mass is 283 g/mol. The Morgan fingerprint density at radius 2 is 2.05 bits per heavy atom. The molecule has 106 valence electrons. The molecule has 1 aromatic carbocycles. The number of fused-ring (bicyclic) bond motifs is 1. The van der Waals surface area contributed by atoms with Gasteiger partial charge in [-0.3, -0.25) is 4.79 Å². The summed E-state index contributed by atoms with van der Waals surface area (Å²) in [6, 6.07) is 10.4. The summed E-state index contributed by atoms with van der Waals surface area (Å²) in [5.41, 5.74) is 1.56. The maximum Gasteiger partial charge on any atom is 0.371 e. The van der Waals surface area contributed by atoms with E-state index in [-0.39, 0.29) is 11.2 Å². The Bertz CT molecular complexity index is 889. The number of aryl methyl sites for hydroxylation is 1. The number of nitrogens with zero attached hydrogens (tertiary/aromatic N) is 1. The molecule has 0 spiro atoms. The predicted molar refractivity (Wildman–Crippen MR) is 77.7 cm³/mol. The van der Waals surface area contributed by atoms with Gasteiger partial charge in [0.05, 0.1) is 12.1 Å². The highest BCUT2D eigenvalue weighted by Gasteiger charge is 2.13. The van der Waals surface area contributed by atoms with Crippen LogP contribution in [0.4, 0.5) is 0 Å². The third kappa shape index (κ3) is 2.33. The zero-order chi connectivity index (χ0) is 15.0. The second kappa shape index (κ2) is 4.94. The number of hydrogen-bond donors (Lipinski definition) is 1. The molecule has 2 heterocycles. The number of benzene rings is 1. The highest BCUT2D eigenvalue weighted by atomic mass is 16.4. The lowest BCUT2D eigenvalue weighted by Crippen LogP contribution is -2.08. The van der Waals surface area contributed by atoms with Crippen LogP contribution in [0.25, 0.3) is 10.9 Å². The van der Waals surface area contributed by atoms with Crippen LogP contribution in [-0.4, -0.2) is 15.6 Å². The molecule has 0 bridgehead atoms. The normalized spacial score (nSPS) is 10.9. The SMILES string of the molecule is Cc1oc(C(=O)O)cc1Cn1ccc(=O)c2ccccc21. The maximum absolute atomic E-state index is 11.8. The molecule has 0 amide bonds. The van der Waals surface area contributed by atoms with E-state index in [1.54, 1.807) is 19.2 Å². The summed E-state index contributed by atoms with van der Waals surface area (Å²) in [5, 5.41) is 9.59. The molecule has 0 atom stereocenters. The molecule has 0 fully saturated rings. The summed E-state index contributed by atoms with van der Waals surface area (Å²) in [5.74, 6) is -0.600. The number of carboxylic acids is 1. The molecular weight excluding hydrogens is 270 g/mol. The van der Waals surface area contributed by atoms with E-state index in [0.717, 1.165) is 11.1 Å². The Hall–Kier alpha value is -2.82. The van der Waals surface area contributed by atoms with E-state index in [4.69, 9.17) is 9.52 Å². The van der Waals surface area contributed by atoms with Crippen molar-refractivity contribution in [3.8, 4) is 0 Å². The average Bonchev–Trinajstić information content (AvgIpc) is 2.84. The molecule has 2 aromatic heterocycles. The molecule has 5 nitrogen and oxygen atoms in total. The van der Waals surface area contributed by atoms with Gasteiger partial charge in [0, 0.05) is 23.2 Å². The molecule has 3 rings (SSSR count). The van der Waals surface area contributed by atoms with Crippen LogP contribution in [-0.2, 0) is 6.54 Å². The zero-order valence-corrected chi connectivity index (χ0v) is 11.4. The molecular formula is C16H13NO4. The van der Waals surface area contributed by atoms with Gasteiger partial charge in [0.1, 0.15) is 5.76 Å². The van der Waals surface area contributed by atoms with Crippen LogP contribution in [0.2, 0.25) is 0 Å². The van der Waals surface area contributed by atoms with E-state index in [2.05, 4.69) is 0 Å². The van der Waals surface area contributed by atoms with Crippen molar-refractivity contribution in [1.82, 2.24) is 4.57 Å². The minimum atomic E-state index is -1.09. The zero-order valence-electron chi connectivity index (χ0n) is 11.4. The number of pyridine rings is 1. The molecule has 0 aliphatic carbocycles. The van der Waals surface area contributed by atoms with Gasteiger partial charge in [-0.1, -0.05) is 12.1 Å². The first-order chi connectivity index (χ1) is 10.1. The van der Waals surface area contributed by atoms with Crippen LogP contribution >= 0.6 is 0 Å². The first-order valence-electron chi connectivity index (χ1n) is 6.47. The van der Waals surface area contributed by atoms with Crippen molar-refractivity contribution in [3.63, 3.8) is 0 Å². The van der Waals surface area contributed by atoms with Crippen molar-refractivity contribution in [2.45, 2.75) is 13.5 Å². The van der Waals surface area contributed by atoms with Gasteiger partial charge in [-0.2, -0.15) is 0 Å². The van der Waals surface area contributed by atoms with Crippen molar-refractivity contribution < 1.29 is 14.3 Å². The minimum Gasteiger partial charge on any atom is -0.475 e. The highest BCUT2D eigenvalue weighted by molar-refractivity contribution is 5.84. The molecule has 0 radical (unpaired) electrons. The van der Waals surface area contributed by atoms with Crippen molar-refractivity contribution >= 4 is 16.9 Å². The summed E-state index contributed by atoms with van der Waals surface area (Å²) in [6.45, 7) is 2.18. The fraction of sp³-hybridized carbons (Fsp3) is 0.125. The number of carbonyl (C=O) groups is 1. The van der Waals surface area contributed by atoms with Crippen LogP contribution in [0.3, 0.4) is 0 Å². The Kier molecular flexibility index (Phi) is 3.10. The first-order valence-corrected chi connectivity index (χ1v) is 6.47. The van der Waals surface area contributed by atoms with E-state index in [1.165, 1.54) is 12.1 Å². The Morgan fingerprint density at radius 3 is 2.76 bits per heavy atom. The first kappa shape index (κ1) is 13.2. The number of carboxylic acid groups (broad SMARTS) is 1. The van der Waals surface area contributed by atoms with Crippen LogP contribution in [0.1, 0.15) is 21.9 Å². The molecule has 3 aromatic rings. The number of para-hydroxylation sites is 1. The van der Waals surface area contributed by atoms with Gasteiger partial charge in [0.15, 0.2) is 5.43 Å². The van der Waals surface area contributed by atoms with Crippen LogP contribution in [0.5, 0.6) is 0 Å². The number of hydrogen-bond acceptors (Lipinski definition) is 3. The summed E-state index contributed by atoms with van der Waals surface area (Å²) >= 11 is 0. The van der Waals surface area contributed by atoms with Crippen LogP contribution in [0.15, 0.2) is 51.8 Å². The third-order valence-corrected chi connectivity index (χ3v) is 3.46. The fourth-order valence-electron chi connectivity index (χ4n) is 2.36. The molecule has 5 heteroatoms. The molecule has 0 saturated carbocycles. The van der Waals surface area contributed by atoms with Gasteiger partial charge < -0.3 is 14.1 Å². The molecule has 0 aliphatic rings. The molecule has 1 N–H and O–H groups in total. The van der Waals surface area contributed by atoms with Crippen LogP contribution < -0.4 is 5.43 Å². The smallest absolute Gasteiger partial charge is 0.371 e. The van der Waals surface area contributed by atoms with Crippen molar-refractivity contribution in [2.24, 2.45) is 0 Å². The van der Waals surface area contributed by atoms with E-state index >= 15 is 0 Å². The summed E-state index contributed by atoms with van der Waals surface area (Å²) < 4.78 is 7.11. The van der Waals surface area contributed by atoms with E-state index in [0.29, 0.717) is 17.7 Å². The lowest BCUT2D eigenvalue weighted by molar-refractivity contribution is 0.0661. The van der Waals surface area contributed by atoms with Gasteiger partial charge in [-0.25, -0.2) is 4.79 Å². The fourth-order valence-corrected chi connectivity index (χ4v) is 2.36. The molecule has 0 aliphatic heterocycles. The molecule has 0 unspecified atom stereocenters.